The predicted octanol–water partition coefficient (Wildman–Crippen LogP) is 1.50. The third kappa shape index (κ3) is 3.59. The highest BCUT2D eigenvalue weighted by Crippen LogP contribution is 2.17. The van der Waals surface area contributed by atoms with Crippen LogP contribution in [0.4, 0.5) is 5.69 Å². The highest BCUT2D eigenvalue weighted by Gasteiger charge is 2.25. The van der Waals surface area contributed by atoms with Gasteiger partial charge < -0.3 is 10.2 Å². The van der Waals surface area contributed by atoms with Gasteiger partial charge in [0.25, 0.3) is 11.5 Å². The van der Waals surface area contributed by atoms with E-state index < -0.39 is 0 Å². The van der Waals surface area contributed by atoms with Gasteiger partial charge in [-0.2, -0.15) is 5.10 Å². The maximum atomic E-state index is 12.6. The van der Waals surface area contributed by atoms with Crippen LogP contribution >= 0.6 is 0 Å². The van der Waals surface area contributed by atoms with Gasteiger partial charge in [0.15, 0.2) is 0 Å². The van der Waals surface area contributed by atoms with E-state index in [2.05, 4.69) is 10.4 Å². The third-order valence-corrected chi connectivity index (χ3v) is 4.03. The van der Waals surface area contributed by atoms with Crippen LogP contribution < -0.4 is 10.9 Å². The summed E-state index contributed by atoms with van der Waals surface area (Å²) in [6.07, 6.45) is 1.97. The molecular formula is C17H20N4O2. The second-order valence-corrected chi connectivity index (χ2v) is 5.78. The first-order valence-corrected chi connectivity index (χ1v) is 7.79. The standard InChI is InChI=1S/C17H20N4O2/c1-20-16(22)10-9-15(19-20)17(23)21-11-5-8-14(12-21)18-13-6-3-2-4-7-13/h2-4,6-7,9-10,14,18H,5,8,11-12H2,1H3. The van der Waals surface area contributed by atoms with Crippen LogP contribution in [0.15, 0.2) is 47.3 Å². The zero-order valence-electron chi connectivity index (χ0n) is 13.1. The highest BCUT2D eigenvalue weighted by molar-refractivity contribution is 5.92. The van der Waals surface area contributed by atoms with Gasteiger partial charge in [-0.3, -0.25) is 9.59 Å². The number of carbonyl (C=O) groups excluding carboxylic acids is 1. The van der Waals surface area contributed by atoms with Gasteiger partial charge in [0.2, 0.25) is 0 Å². The fourth-order valence-corrected chi connectivity index (χ4v) is 2.83. The number of benzene rings is 1. The number of rotatable bonds is 3. The fourth-order valence-electron chi connectivity index (χ4n) is 2.83. The first-order valence-electron chi connectivity index (χ1n) is 7.79. The van der Waals surface area contributed by atoms with Crippen LogP contribution in [0.1, 0.15) is 23.3 Å². The lowest BCUT2D eigenvalue weighted by atomic mass is 10.0. The molecule has 6 heteroatoms. The minimum Gasteiger partial charge on any atom is -0.381 e. The average Bonchev–Trinajstić information content (AvgIpc) is 2.58. The molecule has 1 atom stereocenters. The number of hydrogen-bond acceptors (Lipinski definition) is 4. The molecule has 1 saturated heterocycles. The van der Waals surface area contributed by atoms with Gasteiger partial charge >= 0.3 is 0 Å². The highest BCUT2D eigenvalue weighted by atomic mass is 16.2. The smallest absolute Gasteiger partial charge is 0.274 e. The van der Waals surface area contributed by atoms with E-state index in [1.807, 2.05) is 30.3 Å². The molecule has 0 aliphatic carbocycles. The Bertz CT molecular complexity index is 742. The van der Waals surface area contributed by atoms with Crippen molar-refractivity contribution in [2.75, 3.05) is 18.4 Å². The molecule has 1 amide bonds. The van der Waals surface area contributed by atoms with Crippen LogP contribution in [-0.2, 0) is 7.05 Å². The van der Waals surface area contributed by atoms with Crippen LogP contribution in [0, 0.1) is 0 Å². The molecule has 1 fully saturated rings. The first kappa shape index (κ1) is 15.3. The van der Waals surface area contributed by atoms with Gasteiger partial charge in [0, 0.05) is 37.9 Å². The molecule has 1 aromatic carbocycles. The Morgan fingerprint density at radius 2 is 2.00 bits per heavy atom. The van der Waals surface area contributed by atoms with Gasteiger partial charge in [0.1, 0.15) is 5.69 Å². The molecule has 1 aliphatic heterocycles. The van der Waals surface area contributed by atoms with Gasteiger partial charge in [-0.1, -0.05) is 18.2 Å². The maximum absolute atomic E-state index is 12.6. The summed E-state index contributed by atoms with van der Waals surface area (Å²) < 4.78 is 1.19. The Hall–Kier alpha value is -2.63. The van der Waals surface area contributed by atoms with Crippen LogP contribution in [0.25, 0.3) is 0 Å². The van der Waals surface area contributed by atoms with Crippen molar-refractivity contribution in [1.82, 2.24) is 14.7 Å². The lowest BCUT2D eigenvalue weighted by Crippen LogP contribution is -2.45. The Morgan fingerprint density at radius 3 is 2.74 bits per heavy atom. The van der Waals surface area contributed by atoms with Crippen molar-refractivity contribution in [2.45, 2.75) is 18.9 Å². The summed E-state index contributed by atoms with van der Waals surface area (Å²) in [5.74, 6) is -0.125. The summed E-state index contributed by atoms with van der Waals surface area (Å²) in [6, 6.07) is 13.1. The zero-order chi connectivity index (χ0) is 16.2. The molecule has 23 heavy (non-hydrogen) atoms. The van der Waals surface area contributed by atoms with E-state index in [0.717, 1.165) is 25.1 Å². The van der Waals surface area contributed by atoms with Crippen LogP contribution in [0.3, 0.4) is 0 Å². The number of aryl methyl sites for hydroxylation is 1. The van der Waals surface area contributed by atoms with E-state index in [-0.39, 0.29) is 17.5 Å². The number of amides is 1. The van der Waals surface area contributed by atoms with Crippen molar-refractivity contribution in [2.24, 2.45) is 7.05 Å². The van der Waals surface area contributed by atoms with Crippen molar-refractivity contribution in [3.05, 3.63) is 58.5 Å². The molecule has 1 unspecified atom stereocenters. The number of likely N-dealkylation sites (tertiary alicyclic amines) is 1. The number of nitrogens with one attached hydrogen (secondary N) is 1. The molecule has 1 aliphatic rings. The Balaban J connectivity index is 1.69. The summed E-state index contributed by atoms with van der Waals surface area (Å²) in [7, 11) is 1.55. The molecular weight excluding hydrogens is 292 g/mol. The normalized spacial score (nSPS) is 17.8. The molecule has 3 rings (SSSR count). The summed E-state index contributed by atoms with van der Waals surface area (Å²) in [5, 5.41) is 7.52. The van der Waals surface area contributed by atoms with E-state index in [9.17, 15) is 9.59 Å². The lowest BCUT2D eigenvalue weighted by Gasteiger charge is -2.33. The summed E-state index contributed by atoms with van der Waals surface area (Å²) in [6.45, 7) is 1.36. The van der Waals surface area contributed by atoms with Crippen LogP contribution in [0.5, 0.6) is 0 Å². The predicted molar refractivity (Wildman–Crippen MR) is 88.5 cm³/mol. The fraction of sp³-hybridized carbons (Fsp3) is 0.353. The summed E-state index contributed by atoms with van der Waals surface area (Å²) >= 11 is 0. The number of piperidine rings is 1. The molecule has 1 N–H and O–H groups in total. The van der Waals surface area contributed by atoms with E-state index in [4.69, 9.17) is 0 Å². The number of nitrogens with zero attached hydrogens (tertiary/aromatic N) is 3. The van der Waals surface area contributed by atoms with Crippen molar-refractivity contribution in [3.63, 3.8) is 0 Å². The molecule has 0 bridgehead atoms. The largest absolute Gasteiger partial charge is 0.381 e. The molecule has 0 spiro atoms. The maximum Gasteiger partial charge on any atom is 0.274 e. The summed E-state index contributed by atoms with van der Waals surface area (Å²) in [4.78, 5) is 25.8. The Kier molecular flexibility index (Phi) is 4.41. The van der Waals surface area contributed by atoms with Crippen molar-refractivity contribution >= 4 is 11.6 Å². The second kappa shape index (κ2) is 6.64. The van der Waals surface area contributed by atoms with Gasteiger partial charge in [-0.25, -0.2) is 4.68 Å². The van der Waals surface area contributed by atoms with E-state index in [1.54, 1.807) is 11.9 Å². The molecule has 0 radical (unpaired) electrons. The van der Waals surface area contributed by atoms with Crippen LogP contribution in [-0.4, -0.2) is 39.7 Å². The summed E-state index contributed by atoms with van der Waals surface area (Å²) in [5.41, 5.74) is 1.16. The molecule has 2 aromatic rings. The minimum absolute atomic E-state index is 0.125. The zero-order valence-corrected chi connectivity index (χ0v) is 13.1. The van der Waals surface area contributed by atoms with Crippen LogP contribution in [0.2, 0.25) is 0 Å². The molecule has 6 nitrogen and oxygen atoms in total. The number of hydrogen-bond donors (Lipinski definition) is 1. The Labute approximate surface area is 134 Å². The quantitative estimate of drug-likeness (QED) is 0.932. The molecule has 2 heterocycles. The third-order valence-electron chi connectivity index (χ3n) is 4.03. The Morgan fingerprint density at radius 1 is 1.22 bits per heavy atom. The van der Waals surface area contributed by atoms with E-state index in [0.29, 0.717) is 12.2 Å². The van der Waals surface area contributed by atoms with Crippen molar-refractivity contribution in [3.8, 4) is 0 Å². The van der Waals surface area contributed by atoms with Gasteiger partial charge in [0.05, 0.1) is 0 Å². The molecule has 120 valence electrons. The second-order valence-electron chi connectivity index (χ2n) is 5.78. The lowest BCUT2D eigenvalue weighted by molar-refractivity contribution is 0.0706. The van der Waals surface area contributed by atoms with Crippen molar-refractivity contribution in [1.29, 1.82) is 0 Å². The first-order chi connectivity index (χ1) is 11.1. The molecule has 0 saturated carbocycles. The minimum atomic E-state index is -0.219. The van der Waals surface area contributed by atoms with E-state index in [1.165, 1.54) is 16.8 Å². The number of anilines is 1. The van der Waals surface area contributed by atoms with Gasteiger partial charge in [-0.15, -0.1) is 0 Å². The van der Waals surface area contributed by atoms with E-state index >= 15 is 0 Å². The molecule has 1 aromatic heterocycles. The van der Waals surface area contributed by atoms with Crippen molar-refractivity contribution < 1.29 is 4.79 Å². The van der Waals surface area contributed by atoms with Gasteiger partial charge in [-0.05, 0) is 31.0 Å². The average molecular weight is 312 g/mol. The number of carbonyl (C=O) groups is 1. The number of aromatic nitrogens is 2. The number of para-hydroxylation sites is 1. The SMILES string of the molecule is Cn1nc(C(=O)N2CCCC(Nc3ccccc3)C2)ccc1=O. The monoisotopic (exact) mass is 312 g/mol. The topological polar surface area (TPSA) is 67.2 Å².